The van der Waals surface area contributed by atoms with Crippen LogP contribution in [0.4, 0.5) is 0 Å². The molecule has 2 rings (SSSR count). The molecule has 0 aromatic heterocycles. The van der Waals surface area contributed by atoms with Crippen LogP contribution in [0.15, 0.2) is 53.4 Å². The molecule has 0 aliphatic rings. The lowest BCUT2D eigenvalue weighted by Crippen LogP contribution is -2.07. The fraction of sp³-hybridized carbons (Fsp3) is 0.211. The van der Waals surface area contributed by atoms with Crippen LogP contribution in [-0.4, -0.2) is 24.8 Å². The summed E-state index contributed by atoms with van der Waals surface area (Å²) < 4.78 is 10.6. The van der Waals surface area contributed by atoms with Gasteiger partial charge in [-0.15, -0.1) is 17.7 Å². The van der Waals surface area contributed by atoms with Gasteiger partial charge in [0.15, 0.2) is 0 Å². The molecule has 0 unspecified atom stereocenters. The Morgan fingerprint density at radius 2 is 1.75 bits per heavy atom. The molecule has 0 radical (unpaired) electrons. The maximum Gasteiger partial charge on any atom is 0.321 e. The van der Waals surface area contributed by atoms with E-state index in [-0.39, 0.29) is 0 Å². The molecule has 2 aromatic carbocycles. The molecular formula is C19H18O4S. The van der Waals surface area contributed by atoms with Gasteiger partial charge in [0.2, 0.25) is 0 Å². The number of benzene rings is 2. The Kier molecular flexibility index (Phi) is 6.59. The first-order valence-corrected chi connectivity index (χ1v) is 8.18. The summed E-state index contributed by atoms with van der Waals surface area (Å²) in [5, 5.41) is 8.83. The number of thioether (sulfide) groups is 1. The Hall–Kier alpha value is -2.58. The average Bonchev–Trinajstić information content (AvgIpc) is 2.61. The molecule has 2 aromatic rings. The van der Waals surface area contributed by atoms with Gasteiger partial charge in [-0.25, -0.2) is 0 Å². The molecule has 0 amide bonds. The van der Waals surface area contributed by atoms with Crippen LogP contribution in [0, 0.1) is 11.8 Å². The first kappa shape index (κ1) is 17.8. The predicted molar refractivity (Wildman–Crippen MR) is 94.6 cm³/mol. The average molecular weight is 342 g/mol. The van der Waals surface area contributed by atoms with Crippen LogP contribution in [0.5, 0.6) is 11.5 Å². The maximum absolute atomic E-state index is 11.6. The van der Waals surface area contributed by atoms with Gasteiger partial charge in [-0.3, -0.25) is 4.79 Å². The second-order valence-corrected chi connectivity index (χ2v) is 5.97. The molecule has 124 valence electrons. The van der Waals surface area contributed by atoms with E-state index in [4.69, 9.17) is 9.47 Å². The van der Waals surface area contributed by atoms with Crippen LogP contribution in [0.1, 0.15) is 17.7 Å². The Morgan fingerprint density at radius 1 is 1.12 bits per heavy atom. The lowest BCUT2D eigenvalue weighted by molar-refractivity contribution is -0.136. The first-order chi connectivity index (χ1) is 11.6. The molecule has 0 aliphatic heterocycles. The number of hydrogen-bond acceptors (Lipinski definition) is 4. The van der Waals surface area contributed by atoms with E-state index in [1.807, 2.05) is 24.3 Å². The van der Waals surface area contributed by atoms with E-state index in [0.717, 1.165) is 4.90 Å². The second kappa shape index (κ2) is 8.90. The van der Waals surface area contributed by atoms with Crippen molar-refractivity contribution in [2.24, 2.45) is 0 Å². The quantitative estimate of drug-likeness (QED) is 0.608. The van der Waals surface area contributed by atoms with Gasteiger partial charge in [0, 0.05) is 4.90 Å². The Labute approximate surface area is 145 Å². The molecule has 1 N–H and O–H groups in total. The SMILES string of the molecule is CC#CCOc1ccc(S[C@@H](C(=O)O)c2ccc(OC)cc2)cc1. The van der Waals surface area contributed by atoms with Gasteiger partial charge in [0.25, 0.3) is 0 Å². The van der Waals surface area contributed by atoms with Gasteiger partial charge >= 0.3 is 5.97 Å². The van der Waals surface area contributed by atoms with Crippen LogP contribution in [0.3, 0.4) is 0 Å². The topological polar surface area (TPSA) is 55.8 Å². The summed E-state index contributed by atoms with van der Waals surface area (Å²) in [4.78, 5) is 12.5. The van der Waals surface area contributed by atoms with Crippen LogP contribution >= 0.6 is 11.8 Å². The van der Waals surface area contributed by atoms with E-state index in [2.05, 4.69) is 11.8 Å². The molecule has 0 fully saturated rings. The minimum absolute atomic E-state index is 0.340. The van der Waals surface area contributed by atoms with Gasteiger partial charge in [-0.2, -0.15) is 0 Å². The van der Waals surface area contributed by atoms with Gasteiger partial charge < -0.3 is 14.6 Å². The van der Waals surface area contributed by atoms with Crippen molar-refractivity contribution in [1.82, 2.24) is 0 Å². The highest BCUT2D eigenvalue weighted by molar-refractivity contribution is 8.00. The summed E-state index contributed by atoms with van der Waals surface area (Å²) in [5.41, 5.74) is 0.715. The van der Waals surface area contributed by atoms with E-state index in [1.165, 1.54) is 11.8 Å². The van der Waals surface area contributed by atoms with Crippen LogP contribution < -0.4 is 9.47 Å². The van der Waals surface area contributed by atoms with E-state index < -0.39 is 11.2 Å². The van der Waals surface area contributed by atoms with Crippen molar-refractivity contribution in [3.8, 4) is 23.3 Å². The summed E-state index contributed by atoms with van der Waals surface area (Å²) in [6.07, 6.45) is 0. The van der Waals surface area contributed by atoms with E-state index in [0.29, 0.717) is 23.7 Å². The molecule has 0 saturated heterocycles. The van der Waals surface area contributed by atoms with Crippen molar-refractivity contribution in [1.29, 1.82) is 0 Å². The first-order valence-electron chi connectivity index (χ1n) is 7.30. The zero-order chi connectivity index (χ0) is 17.4. The van der Waals surface area contributed by atoms with Crippen molar-refractivity contribution < 1.29 is 19.4 Å². The number of carbonyl (C=O) groups is 1. The minimum Gasteiger partial charge on any atom is -0.497 e. The molecule has 4 nitrogen and oxygen atoms in total. The van der Waals surface area contributed by atoms with Crippen molar-refractivity contribution in [2.75, 3.05) is 13.7 Å². The number of aliphatic carboxylic acids is 1. The van der Waals surface area contributed by atoms with Crippen molar-refractivity contribution in [2.45, 2.75) is 17.1 Å². The smallest absolute Gasteiger partial charge is 0.321 e. The Bertz CT molecular complexity index is 727. The molecule has 24 heavy (non-hydrogen) atoms. The Morgan fingerprint density at radius 3 is 2.29 bits per heavy atom. The van der Waals surface area contributed by atoms with E-state index in [1.54, 1.807) is 38.3 Å². The highest BCUT2D eigenvalue weighted by Crippen LogP contribution is 2.36. The number of carboxylic acids is 1. The van der Waals surface area contributed by atoms with Gasteiger partial charge in [0.1, 0.15) is 23.4 Å². The monoisotopic (exact) mass is 342 g/mol. The predicted octanol–water partition coefficient (Wildman–Crippen LogP) is 4.02. The minimum atomic E-state index is -0.885. The molecule has 0 heterocycles. The molecular weight excluding hydrogens is 324 g/mol. The molecule has 0 spiro atoms. The van der Waals surface area contributed by atoms with Gasteiger partial charge in [0.05, 0.1) is 7.11 Å². The van der Waals surface area contributed by atoms with E-state index >= 15 is 0 Å². The third kappa shape index (κ3) is 4.97. The molecule has 1 atom stereocenters. The van der Waals surface area contributed by atoms with Crippen LogP contribution in [0.2, 0.25) is 0 Å². The summed E-state index contributed by atoms with van der Waals surface area (Å²) in [6, 6.07) is 14.4. The summed E-state index contributed by atoms with van der Waals surface area (Å²) in [6.45, 7) is 2.10. The lowest BCUT2D eigenvalue weighted by Gasteiger charge is -2.13. The largest absolute Gasteiger partial charge is 0.497 e. The third-order valence-corrected chi connectivity index (χ3v) is 4.46. The highest BCUT2D eigenvalue weighted by atomic mass is 32.2. The lowest BCUT2D eigenvalue weighted by atomic mass is 10.1. The van der Waals surface area contributed by atoms with Crippen molar-refractivity contribution in [3.05, 3.63) is 54.1 Å². The Balaban J connectivity index is 2.09. The number of rotatable bonds is 7. The zero-order valence-corrected chi connectivity index (χ0v) is 14.3. The number of hydrogen-bond donors (Lipinski definition) is 1. The van der Waals surface area contributed by atoms with Crippen molar-refractivity contribution in [3.63, 3.8) is 0 Å². The maximum atomic E-state index is 11.6. The molecule has 5 heteroatoms. The van der Waals surface area contributed by atoms with Crippen LogP contribution in [0.25, 0.3) is 0 Å². The zero-order valence-electron chi connectivity index (χ0n) is 13.5. The fourth-order valence-corrected chi connectivity index (χ4v) is 2.94. The second-order valence-electron chi connectivity index (χ2n) is 4.80. The summed E-state index contributed by atoms with van der Waals surface area (Å²) in [5.74, 6) is 6.10. The standard InChI is InChI=1S/C19H18O4S/c1-3-4-13-23-16-9-11-17(12-10-16)24-18(19(20)21)14-5-7-15(22-2)8-6-14/h5-12,18H,13H2,1-2H3,(H,20,21)/t18-/m1/s1. The fourth-order valence-electron chi connectivity index (χ4n) is 1.98. The summed E-state index contributed by atoms with van der Waals surface area (Å²) >= 11 is 1.28. The highest BCUT2D eigenvalue weighted by Gasteiger charge is 2.21. The summed E-state index contributed by atoms with van der Waals surface area (Å²) in [7, 11) is 1.58. The number of ether oxygens (including phenoxy) is 2. The molecule has 0 aliphatic carbocycles. The van der Waals surface area contributed by atoms with Crippen LogP contribution in [-0.2, 0) is 4.79 Å². The van der Waals surface area contributed by atoms with Gasteiger partial charge in [-0.05, 0) is 48.9 Å². The molecule has 0 saturated carbocycles. The van der Waals surface area contributed by atoms with Gasteiger partial charge in [-0.1, -0.05) is 18.1 Å². The normalized spacial score (nSPS) is 11.1. The van der Waals surface area contributed by atoms with Crippen molar-refractivity contribution >= 4 is 17.7 Å². The van der Waals surface area contributed by atoms with E-state index in [9.17, 15) is 9.90 Å². The number of methoxy groups -OCH3 is 1. The molecule has 0 bridgehead atoms. The third-order valence-electron chi connectivity index (χ3n) is 3.21. The number of carboxylic acid groups (broad SMARTS) is 1.